The molecule has 13 nitrogen and oxygen atoms in total. The largest absolute Gasteiger partial charge is 0.401 e. The van der Waals surface area contributed by atoms with Gasteiger partial charge in [0, 0.05) is 55.8 Å². The molecule has 5 aliphatic rings. The predicted molar refractivity (Wildman–Crippen MR) is 186 cm³/mol. The number of piperidine rings is 1. The zero-order valence-electron chi connectivity index (χ0n) is 27.8. The summed E-state index contributed by atoms with van der Waals surface area (Å²) in [4.78, 5) is 68.1. The molecular weight excluding hydrogens is 636 g/mol. The predicted octanol–water partition coefficient (Wildman–Crippen LogP) is 2.90. The second-order valence-corrected chi connectivity index (χ2v) is 14.0. The van der Waals surface area contributed by atoms with Gasteiger partial charge in [0.1, 0.15) is 6.04 Å². The smallest absolute Gasteiger partial charge is 0.262 e. The van der Waals surface area contributed by atoms with Gasteiger partial charge in [0.15, 0.2) is 0 Å². The summed E-state index contributed by atoms with van der Waals surface area (Å²) >= 11 is 0. The molecule has 50 heavy (non-hydrogen) atoms. The molecule has 258 valence electrons. The third kappa shape index (κ3) is 6.50. The summed E-state index contributed by atoms with van der Waals surface area (Å²) in [6.07, 6.45) is 7.86. The lowest BCUT2D eigenvalue weighted by atomic mass is 9.80. The van der Waals surface area contributed by atoms with E-state index in [0.29, 0.717) is 18.4 Å². The lowest BCUT2D eigenvalue weighted by molar-refractivity contribution is -0.136. The number of aromatic nitrogens is 2. The summed E-state index contributed by atoms with van der Waals surface area (Å²) in [6, 6.07) is 10.5. The number of fused-ring (bicyclic) bond motifs is 2. The minimum absolute atomic E-state index is 0.0862. The average Bonchev–Trinajstić information content (AvgIpc) is 3.92. The van der Waals surface area contributed by atoms with Crippen LogP contribution in [-0.4, -0.2) is 94.5 Å². The van der Waals surface area contributed by atoms with Gasteiger partial charge < -0.3 is 15.8 Å². The summed E-state index contributed by atoms with van der Waals surface area (Å²) in [5.41, 5.74) is 13.2. The maximum absolute atomic E-state index is 13.2. The Labute approximate surface area is 289 Å². The van der Waals surface area contributed by atoms with Crippen LogP contribution in [-0.2, 0) is 20.9 Å². The molecule has 2 aliphatic carbocycles. The van der Waals surface area contributed by atoms with Crippen molar-refractivity contribution in [2.24, 2.45) is 22.6 Å². The number of nitrogens with one attached hydrogen (secondary N) is 2. The molecule has 4 heterocycles. The van der Waals surface area contributed by atoms with Crippen molar-refractivity contribution in [2.45, 2.75) is 57.2 Å². The Morgan fingerprint density at radius 3 is 2.58 bits per heavy atom. The number of benzene rings is 2. The minimum Gasteiger partial charge on any atom is -0.401 e. The maximum Gasteiger partial charge on any atom is 0.262 e. The average molecular weight is 677 g/mol. The molecule has 13 heteroatoms. The number of nitrogens with two attached hydrogens (primary N) is 1. The molecular formula is C37H40N8O5. The van der Waals surface area contributed by atoms with E-state index in [1.807, 2.05) is 12.3 Å². The van der Waals surface area contributed by atoms with Gasteiger partial charge in [-0.05, 0) is 79.8 Å². The molecule has 2 saturated carbocycles. The van der Waals surface area contributed by atoms with Crippen LogP contribution >= 0.6 is 0 Å². The van der Waals surface area contributed by atoms with Gasteiger partial charge in [-0.3, -0.25) is 44.3 Å². The highest BCUT2D eigenvalue weighted by atomic mass is 16.5. The number of allylic oxidation sites excluding steroid dienone is 2. The summed E-state index contributed by atoms with van der Waals surface area (Å²) < 4.78 is 5.49. The molecule has 1 aromatic heterocycles. The van der Waals surface area contributed by atoms with Crippen molar-refractivity contribution in [3.8, 4) is 0 Å². The molecule has 4 N–H and O–H groups in total. The van der Waals surface area contributed by atoms with Gasteiger partial charge in [0.05, 0.1) is 53.3 Å². The summed E-state index contributed by atoms with van der Waals surface area (Å²) in [6.45, 7) is 4.92. The number of aliphatic imine (C=N–C) groups is 1. The summed E-state index contributed by atoms with van der Waals surface area (Å²) in [7, 11) is 0. The first-order chi connectivity index (χ1) is 24.3. The molecule has 1 unspecified atom stereocenters. The van der Waals surface area contributed by atoms with E-state index in [1.54, 1.807) is 24.4 Å². The highest BCUT2D eigenvalue weighted by Crippen LogP contribution is 2.38. The molecule has 4 fully saturated rings. The fraction of sp³-hybridized carbons (Fsp3) is 0.432. The van der Waals surface area contributed by atoms with E-state index in [9.17, 15) is 19.2 Å². The van der Waals surface area contributed by atoms with Crippen LogP contribution in [0.25, 0.3) is 16.6 Å². The zero-order chi connectivity index (χ0) is 34.4. The number of morpholine rings is 1. The Kier molecular flexibility index (Phi) is 8.61. The Morgan fingerprint density at radius 2 is 1.80 bits per heavy atom. The first kappa shape index (κ1) is 32.2. The van der Waals surface area contributed by atoms with E-state index in [0.717, 1.165) is 97.1 Å². The van der Waals surface area contributed by atoms with E-state index in [1.165, 1.54) is 5.56 Å². The number of rotatable bonds is 10. The molecule has 2 aromatic carbocycles. The maximum atomic E-state index is 13.2. The van der Waals surface area contributed by atoms with Crippen LogP contribution in [0.15, 0.2) is 53.3 Å². The fourth-order valence-electron chi connectivity index (χ4n) is 7.22. The summed E-state index contributed by atoms with van der Waals surface area (Å²) in [5.74, 6) is -1.30. The standard InChI is InChI=1S/C37H40N8O5/c38-34(23-2-3-23)28(31-19-41-29-6-1-21(15-30(29)42-31)20-44-9-11-50-12-10-44)18-40-25-13-22(14-25)17-39-24-4-5-26-27(16-24)37(49)45(36(26)48)32-7-8-33(46)43-35(32)47/h1,4-6,15-16,18-19,22-23,25,32,39H,2-3,7-14,17,20,38H2,(H,43,46,47). The number of anilines is 1. The normalized spacial score (nSPS) is 24.7. The van der Waals surface area contributed by atoms with Crippen molar-refractivity contribution in [3.63, 3.8) is 0 Å². The second kappa shape index (κ2) is 13.4. The molecule has 1 atom stereocenters. The van der Waals surface area contributed by atoms with E-state index >= 15 is 0 Å². The van der Waals surface area contributed by atoms with Crippen LogP contribution < -0.4 is 16.4 Å². The number of carbonyl (C=O) groups excluding carboxylic acids is 4. The van der Waals surface area contributed by atoms with E-state index in [2.05, 4.69) is 27.7 Å². The second-order valence-electron chi connectivity index (χ2n) is 14.0. The van der Waals surface area contributed by atoms with Gasteiger partial charge in [-0.15, -0.1) is 0 Å². The van der Waals surface area contributed by atoms with Crippen LogP contribution in [0, 0.1) is 11.8 Å². The summed E-state index contributed by atoms with van der Waals surface area (Å²) in [5, 5.41) is 5.63. The van der Waals surface area contributed by atoms with Gasteiger partial charge in [0.2, 0.25) is 11.8 Å². The molecule has 8 rings (SSSR count). The fourth-order valence-corrected chi connectivity index (χ4v) is 7.22. The SMILES string of the molecule is NC(=C(C=NC1CC(CNc2ccc3c(c2)C(=O)N(C2CCC(=O)NC2=O)C3=O)C1)c1cnc2ccc(CN3CCOCC3)cc2n1)C1CC1. The lowest BCUT2D eigenvalue weighted by Crippen LogP contribution is -2.54. The van der Waals surface area contributed by atoms with Crippen molar-refractivity contribution in [2.75, 3.05) is 38.2 Å². The number of ether oxygens (including phenoxy) is 1. The number of carbonyl (C=O) groups is 4. The highest BCUT2D eigenvalue weighted by molar-refractivity contribution is 6.23. The molecule has 0 bridgehead atoms. The first-order valence-corrected chi connectivity index (χ1v) is 17.5. The zero-order valence-corrected chi connectivity index (χ0v) is 27.8. The van der Waals surface area contributed by atoms with E-state index in [4.69, 9.17) is 25.4 Å². The van der Waals surface area contributed by atoms with Gasteiger partial charge in [-0.1, -0.05) is 6.07 Å². The van der Waals surface area contributed by atoms with E-state index < -0.39 is 29.7 Å². The Hall–Kier alpha value is -5.01. The molecule has 3 aromatic rings. The molecule has 0 radical (unpaired) electrons. The quantitative estimate of drug-likeness (QED) is 0.214. The Balaban J connectivity index is 0.892. The molecule has 2 saturated heterocycles. The Morgan fingerprint density at radius 1 is 1.00 bits per heavy atom. The van der Waals surface area contributed by atoms with Crippen molar-refractivity contribution in [1.82, 2.24) is 25.1 Å². The lowest BCUT2D eigenvalue weighted by Gasteiger charge is -2.33. The monoisotopic (exact) mass is 676 g/mol. The van der Waals surface area contributed by atoms with Gasteiger partial charge in [0.25, 0.3) is 11.8 Å². The number of amides is 4. The number of hydrogen-bond donors (Lipinski definition) is 3. The van der Waals surface area contributed by atoms with Crippen LogP contribution in [0.5, 0.6) is 0 Å². The van der Waals surface area contributed by atoms with Crippen molar-refractivity contribution >= 4 is 52.1 Å². The number of imide groups is 2. The van der Waals surface area contributed by atoms with E-state index in [-0.39, 0.29) is 30.0 Å². The van der Waals surface area contributed by atoms with Gasteiger partial charge in [-0.25, -0.2) is 4.98 Å². The van der Waals surface area contributed by atoms with Gasteiger partial charge in [-0.2, -0.15) is 0 Å². The minimum atomic E-state index is -0.981. The van der Waals surface area contributed by atoms with Crippen LogP contribution in [0.3, 0.4) is 0 Å². The molecule has 0 spiro atoms. The number of nitrogens with zero attached hydrogens (tertiary/aromatic N) is 5. The topological polar surface area (TPSA) is 172 Å². The molecule has 4 amide bonds. The third-order valence-corrected chi connectivity index (χ3v) is 10.4. The van der Waals surface area contributed by atoms with Crippen molar-refractivity contribution in [3.05, 3.63) is 70.7 Å². The van der Waals surface area contributed by atoms with Crippen LogP contribution in [0.4, 0.5) is 5.69 Å². The van der Waals surface area contributed by atoms with Crippen LogP contribution in [0.1, 0.15) is 70.5 Å². The third-order valence-electron chi connectivity index (χ3n) is 10.4. The Bertz CT molecular complexity index is 1940. The number of hydrogen-bond acceptors (Lipinski definition) is 11. The van der Waals surface area contributed by atoms with Crippen LogP contribution in [0.2, 0.25) is 0 Å². The molecule has 3 aliphatic heterocycles. The van der Waals surface area contributed by atoms with Crippen molar-refractivity contribution < 1.29 is 23.9 Å². The van der Waals surface area contributed by atoms with Crippen molar-refractivity contribution in [1.29, 1.82) is 0 Å². The first-order valence-electron chi connectivity index (χ1n) is 17.5. The highest BCUT2D eigenvalue weighted by Gasteiger charge is 2.44. The van der Waals surface area contributed by atoms with Gasteiger partial charge >= 0.3 is 0 Å².